The minimum atomic E-state index is -1.06. The van der Waals surface area contributed by atoms with Crippen molar-refractivity contribution in [2.75, 3.05) is 26.4 Å². The van der Waals surface area contributed by atoms with Gasteiger partial charge in [-0.05, 0) is 54.0 Å². The van der Waals surface area contributed by atoms with Crippen LogP contribution in [-0.4, -0.2) is 37.3 Å². The summed E-state index contributed by atoms with van der Waals surface area (Å²) in [5, 5.41) is 0. The van der Waals surface area contributed by atoms with Crippen LogP contribution >= 0.6 is 11.6 Å². The molecule has 6 heteroatoms. The van der Waals surface area contributed by atoms with Crippen LogP contribution in [0.15, 0.2) is 36.5 Å². The lowest BCUT2D eigenvalue weighted by molar-refractivity contribution is -0.154. The van der Waals surface area contributed by atoms with Crippen molar-refractivity contribution in [3.8, 4) is 0 Å². The molecule has 0 aliphatic rings. The third kappa shape index (κ3) is 6.27. The summed E-state index contributed by atoms with van der Waals surface area (Å²) in [6.07, 6.45) is 2.00. The Hall–Kier alpha value is -1.62. The molecule has 0 heterocycles. The summed E-state index contributed by atoms with van der Waals surface area (Å²) in [6, 6.07) is 0. The highest BCUT2D eigenvalue weighted by Gasteiger charge is 2.40. The molecule has 0 aromatic carbocycles. The second-order valence-corrected chi connectivity index (χ2v) is 6.73. The third-order valence-electron chi connectivity index (χ3n) is 3.96. The van der Waals surface area contributed by atoms with E-state index in [0.717, 1.165) is 0 Å². The Morgan fingerprint density at radius 2 is 1.35 bits per heavy atom. The van der Waals surface area contributed by atoms with Crippen molar-refractivity contribution in [1.82, 2.24) is 0 Å². The van der Waals surface area contributed by atoms with Crippen LogP contribution in [-0.2, 0) is 23.7 Å². The van der Waals surface area contributed by atoms with Crippen molar-refractivity contribution in [1.29, 1.82) is 0 Å². The number of rotatable bonds is 13. The number of esters is 1. The fourth-order valence-electron chi connectivity index (χ4n) is 2.22. The lowest BCUT2D eigenvalue weighted by atomic mass is 9.84. The van der Waals surface area contributed by atoms with Gasteiger partial charge in [0, 0.05) is 0 Å². The standard InChI is InChI=1S/C20H33ClO5/c1-9-23-15(5)19(7,18(22)26-12-4)14-13-17(25-11-3)20(8,21)16(6)24-10-2/h13H,5-6,9-12,14H2,1-4,7-8H3. The van der Waals surface area contributed by atoms with Crippen LogP contribution in [0, 0.1) is 5.41 Å². The Balaban J connectivity index is 5.77. The lowest BCUT2D eigenvalue weighted by Crippen LogP contribution is -2.33. The molecule has 0 N–H and O–H groups in total. The van der Waals surface area contributed by atoms with Crippen molar-refractivity contribution >= 4 is 17.6 Å². The summed E-state index contributed by atoms with van der Waals surface area (Å²) in [5.41, 5.74) is -1.06. The molecule has 5 nitrogen and oxygen atoms in total. The molecule has 0 spiro atoms. The molecule has 0 bridgehead atoms. The number of ether oxygens (including phenoxy) is 4. The molecule has 0 aliphatic carbocycles. The summed E-state index contributed by atoms with van der Waals surface area (Å²) in [7, 11) is 0. The normalized spacial score (nSPS) is 16.0. The maximum Gasteiger partial charge on any atom is 0.319 e. The van der Waals surface area contributed by atoms with E-state index >= 15 is 0 Å². The van der Waals surface area contributed by atoms with Crippen LogP contribution < -0.4 is 0 Å². The zero-order chi connectivity index (χ0) is 20.4. The van der Waals surface area contributed by atoms with Crippen LogP contribution in [0.2, 0.25) is 0 Å². The SMILES string of the molecule is C=C(OCC)C(C)(Cl)C(=CCC(C)(C(=C)OCC)C(=O)OCC)OCC. The third-order valence-corrected chi connectivity index (χ3v) is 4.36. The predicted molar refractivity (Wildman–Crippen MR) is 105 cm³/mol. The van der Waals surface area contributed by atoms with Crippen molar-refractivity contribution < 1.29 is 23.7 Å². The van der Waals surface area contributed by atoms with Crippen molar-refractivity contribution in [3.63, 3.8) is 0 Å². The second-order valence-electron chi connectivity index (χ2n) is 5.97. The van der Waals surface area contributed by atoms with Gasteiger partial charge < -0.3 is 18.9 Å². The number of allylic oxidation sites excluding steroid dienone is 1. The van der Waals surface area contributed by atoms with Gasteiger partial charge in [-0.15, -0.1) is 11.6 Å². The first kappa shape index (κ1) is 24.4. The summed E-state index contributed by atoms with van der Waals surface area (Å²) < 4.78 is 21.9. The van der Waals surface area contributed by atoms with Crippen LogP contribution in [0.3, 0.4) is 0 Å². The van der Waals surface area contributed by atoms with E-state index in [1.807, 2.05) is 20.8 Å². The van der Waals surface area contributed by atoms with Crippen LogP contribution in [0.25, 0.3) is 0 Å². The molecule has 2 atom stereocenters. The molecule has 0 aromatic rings. The number of alkyl halides is 1. The van der Waals surface area contributed by atoms with E-state index in [1.54, 1.807) is 26.8 Å². The topological polar surface area (TPSA) is 54.0 Å². The van der Waals surface area contributed by atoms with Gasteiger partial charge in [0.25, 0.3) is 0 Å². The first-order chi connectivity index (χ1) is 12.1. The highest BCUT2D eigenvalue weighted by atomic mass is 35.5. The van der Waals surface area contributed by atoms with E-state index in [-0.39, 0.29) is 13.0 Å². The first-order valence-corrected chi connectivity index (χ1v) is 9.33. The summed E-state index contributed by atoms with van der Waals surface area (Å²) in [6.45, 7) is 20.1. The van der Waals surface area contributed by atoms with Crippen molar-refractivity contribution in [2.24, 2.45) is 5.41 Å². The van der Waals surface area contributed by atoms with Crippen LogP contribution in [0.5, 0.6) is 0 Å². The summed E-state index contributed by atoms with van der Waals surface area (Å²) >= 11 is 6.63. The quantitative estimate of drug-likeness (QED) is 0.253. The Morgan fingerprint density at radius 1 is 0.885 bits per heavy atom. The highest BCUT2D eigenvalue weighted by molar-refractivity contribution is 6.27. The molecule has 0 radical (unpaired) electrons. The number of hydrogen-bond donors (Lipinski definition) is 0. The maximum absolute atomic E-state index is 12.5. The minimum Gasteiger partial charge on any atom is -0.498 e. The molecular formula is C20H33ClO5. The van der Waals surface area contributed by atoms with Gasteiger partial charge in [-0.2, -0.15) is 0 Å². The van der Waals surface area contributed by atoms with E-state index in [4.69, 9.17) is 30.5 Å². The van der Waals surface area contributed by atoms with Crippen LogP contribution in [0.1, 0.15) is 48.0 Å². The van der Waals surface area contributed by atoms with E-state index in [0.29, 0.717) is 37.1 Å². The highest BCUT2D eigenvalue weighted by Crippen LogP contribution is 2.38. The van der Waals surface area contributed by atoms with E-state index in [9.17, 15) is 4.79 Å². The Bertz CT molecular complexity index is 504. The summed E-state index contributed by atoms with van der Waals surface area (Å²) in [4.78, 5) is 11.5. The van der Waals surface area contributed by atoms with Gasteiger partial charge in [-0.1, -0.05) is 13.2 Å². The van der Waals surface area contributed by atoms with Gasteiger partial charge in [0.2, 0.25) is 0 Å². The van der Waals surface area contributed by atoms with Gasteiger partial charge in [0.15, 0.2) is 4.87 Å². The fourth-order valence-corrected chi connectivity index (χ4v) is 2.41. The molecule has 0 rings (SSSR count). The molecule has 0 amide bonds. The number of hydrogen-bond acceptors (Lipinski definition) is 5. The van der Waals surface area contributed by atoms with Crippen LogP contribution in [0.4, 0.5) is 0 Å². The summed E-state index contributed by atoms with van der Waals surface area (Å²) in [5.74, 6) is 0.763. The Labute approximate surface area is 163 Å². The molecule has 150 valence electrons. The monoisotopic (exact) mass is 388 g/mol. The van der Waals surface area contributed by atoms with Gasteiger partial charge in [-0.3, -0.25) is 4.79 Å². The Kier molecular flexibility index (Phi) is 10.5. The van der Waals surface area contributed by atoms with E-state index in [1.165, 1.54) is 0 Å². The van der Waals surface area contributed by atoms with E-state index in [2.05, 4.69) is 13.2 Å². The molecule has 0 saturated heterocycles. The number of carbonyl (C=O) groups is 1. The first-order valence-electron chi connectivity index (χ1n) is 8.95. The van der Waals surface area contributed by atoms with Crippen molar-refractivity contribution in [2.45, 2.75) is 52.8 Å². The zero-order valence-corrected chi connectivity index (χ0v) is 17.7. The lowest BCUT2D eigenvalue weighted by Gasteiger charge is -2.30. The molecule has 0 aliphatic heterocycles. The maximum atomic E-state index is 12.5. The molecule has 0 aromatic heterocycles. The molecule has 0 fully saturated rings. The molecule has 26 heavy (non-hydrogen) atoms. The smallest absolute Gasteiger partial charge is 0.319 e. The van der Waals surface area contributed by atoms with Crippen molar-refractivity contribution in [3.05, 3.63) is 36.5 Å². The van der Waals surface area contributed by atoms with E-state index < -0.39 is 16.3 Å². The molecular weight excluding hydrogens is 356 g/mol. The molecule has 2 unspecified atom stereocenters. The zero-order valence-electron chi connectivity index (χ0n) is 16.9. The second kappa shape index (κ2) is 11.2. The van der Waals surface area contributed by atoms with Gasteiger partial charge in [0.1, 0.15) is 22.7 Å². The number of carbonyl (C=O) groups excluding carboxylic acids is 1. The average molecular weight is 389 g/mol. The number of halogens is 1. The molecule has 0 saturated carbocycles. The van der Waals surface area contributed by atoms with Gasteiger partial charge in [0.05, 0.1) is 26.4 Å². The average Bonchev–Trinajstić information content (AvgIpc) is 2.58. The van der Waals surface area contributed by atoms with Gasteiger partial charge in [-0.25, -0.2) is 0 Å². The Morgan fingerprint density at radius 3 is 1.81 bits per heavy atom. The minimum absolute atomic E-state index is 0.252. The van der Waals surface area contributed by atoms with Gasteiger partial charge >= 0.3 is 5.97 Å². The predicted octanol–water partition coefficient (Wildman–Crippen LogP) is 4.96. The fraction of sp³-hybridized carbons (Fsp3) is 0.650. The largest absolute Gasteiger partial charge is 0.498 e.